The van der Waals surface area contributed by atoms with Crippen LogP contribution in [0, 0.1) is 11.3 Å². The van der Waals surface area contributed by atoms with E-state index in [0.29, 0.717) is 12.2 Å². The fraction of sp³-hybridized carbons (Fsp3) is 0.455. The molecule has 1 rings (SSSR count). The van der Waals surface area contributed by atoms with Crippen LogP contribution >= 0.6 is 0 Å². The summed E-state index contributed by atoms with van der Waals surface area (Å²) in [4.78, 5) is 11.1. The molecule has 0 saturated heterocycles. The Kier molecular flexibility index (Phi) is 4.09. The molecule has 0 bridgehead atoms. The van der Waals surface area contributed by atoms with Crippen molar-refractivity contribution < 1.29 is 9.53 Å². The van der Waals surface area contributed by atoms with E-state index in [9.17, 15) is 4.79 Å². The van der Waals surface area contributed by atoms with Gasteiger partial charge in [-0.1, -0.05) is 0 Å². The molecule has 0 aliphatic carbocycles. The summed E-state index contributed by atoms with van der Waals surface area (Å²) >= 11 is 0. The SMILES string of the molecule is COC(=O)[C@H](C)NCc1cc(C#N)n(C)c1. The highest BCUT2D eigenvalue weighted by Crippen LogP contribution is 2.06. The van der Waals surface area contributed by atoms with Gasteiger partial charge in [-0.2, -0.15) is 5.26 Å². The Hall–Kier alpha value is -1.80. The van der Waals surface area contributed by atoms with Gasteiger partial charge in [-0.05, 0) is 18.6 Å². The van der Waals surface area contributed by atoms with Crippen molar-refractivity contribution in [3.8, 4) is 6.07 Å². The van der Waals surface area contributed by atoms with E-state index < -0.39 is 0 Å². The number of nitriles is 1. The van der Waals surface area contributed by atoms with E-state index >= 15 is 0 Å². The number of aromatic nitrogens is 1. The third-order valence-electron chi connectivity index (χ3n) is 2.34. The van der Waals surface area contributed by atoms with Crippen molar-refractivity contribution in [3.05, 3.63) is 23.5 Å². The molecule has 1 aromatic rings. The summed E-state index contributed by atoms with van der Waals surface area (Å²) in [6.07, 6.45) is 1.86. The maximum absolute atomic E-state index is 11.1. The summed E-state index contributed by atoms with van der Waals surface area (Å²) in [6, 6.07) is 3.52. The lowest BCUT2D eigenvalue weighted by molar-refractivity contribution is -0.142. The lowest BCUT2D eigenvalue weighted by atomic mass is 10.3. The number of nitrogens with one attached hydrogen (secondary N) is 1. The van der Waals surface area contributed by atoms with Gasteiger partial charge in [0.2, 0.25) is 0 Å². The van der Waals surface area contributed by atoms with Crippen molar-refractivity contribution in [1.29, 1.82) is 5.26 Å². The van der Waals surface area contributed by atoms with Crippen molar-refractivity contribution >= 4 is 5.97 Å². The summed E-state index contributed by atoms with van der Waals surface area (Å²) in [6.45, 7) is 2.27. The molecule has 5 heteroatoms. The first-order valence-corrected chi connectivity index (χ1v) is 4.95. The van der Waals surface area contributed by atoms with Crippen LogP contribution in [-0.4, -0.2) is 23.7 Å². The highest BCUT2D eigenvalue weighted by molar-refractivity contribution is 5.75. The first kappa shape index (κ1) is 12.3. The first-order valence-electron chi connectivity index (χ1n) is 4.95. The third-order valence-corrected chi connectivity index (χ3v) is 2.34. The van der Waals surface area contributed by atoms with Crippen molar-refractivity contribution in [1.82, 2.24) is 9.88 Å². The van der Waals surface area contributed by atoms with Crippen LogP contribution in [0.15, 0.2) is 12.3 Å². The molecule has 0 fully saturated rings. The van der Waals surface area contributed by atoms with Gasteiger partial charge in [0.1, 0.15) is 17.8 Å². The van der Waals surface area contributed by atoms with E-state index in [1.54, 1.807) is 17.6 Å². The van der Waals surface area contributed by atoms with Gasteiger partial charge in [0.15, 0.2) is 0 Å². The molecule has 16 heavy (non-hydrogen) atoms. The third kappa shape index (κ3) is 2.84. The average Bonchev–Trinajstić information content (AvgIpc) is 2.65. The second-order valence-corrected chi connectivity index (χ2v) is 3.58. The average molecular weight is 221 g/mol. The van der Waals surface area contributed by atoms with E-state index in [2.05, 4.69) is 16.1 Å². The zero-order chi connectivity index (χ0) is 12.1. The highest BCUT2D eigenvalue weighted by Gasteiger charge is 2.12. The molecule has 0 unspecified atom stereocenters. The molecule has 0 aliphatic heterocycles. The molecule has 0 aliphatic rings. The number of rotatable bonds is 4. The number of esters is 1. The lowest BCUT2D eigenvalue weighted by Gasteiger charge is -2.09. The number of hydrogen-bond acceptors (Lipinski definition) is 4. The summed E-state index contributed by atoms with van der Waals surface area (Å²) in [5.74, 6) is -0.295. The van der Waals surface area contributed by atoms with Crippen molar-refractivity contribution in [2.45, 2.75) is 19.5 Å². The molecule has 1 atom stereocenters. The second kappa shape index (κ2) is 5.33. The summed E-state index contributed by atoms with van der Waals surface area (Å²) in [5.41, 5.74) is 1.57. The molecule has 0 spiro atoms. The Morgan fingerprint density at radius 1 is 1.75 bits per heavy atom. The normalized spacial score (nSPS) is 11.9. The van der Waals surface area contributed by atoms with Gasteiger partial charge in [0.05, 0.1) is 7.11 Å². The van der Waals surface area contributed by atoms with E-state index in [4.69, 9.17) is 5.26 Å². The molecule has 5 nitrogen and oxygen atoms in total. The molecular weight excluding hydrogens is 206 g/mol. The van der Waals surface area contributed by atoms with Crippen molar-refractivity contribution in [2.75, 3.05) is 7.11 Å². The first-order chi connectivity index (χ1) is 7.58. The van der Waals surface area contributed by atoms with Gasteiger partial charge >= 0.3 is 5.97 Å². The van der Waals surface area contributed by atoms with Gasteiger partial charge in [0.25, 0.3) is 0 Å². The Morgan fingerprint density at radius 3 is 2.94 bits per heavy atom. The summed E-state index contributed by atoms with van der Waals surface area (Å²) in [5, 5.41) is 11.8. The Balaban J connectivity index is 2.55. The minimum Gasteiger partial charge on any atom is -0.468 e. The molecule has 1 N–H and O–H groups in total. The Bertz CT molecular complexity index is 417. The summed E-state index contributed by atoms with van der Waals surface area (Å²) < 4.78 is 6.34. The zero-order valence-electron chi connectivity index (χ0n) is 9.65. The van der Waals surface area contributed by atoms with Crippen molar-refractivity contribution in [3.63, 3.8) is 0 Å². The number of methoxy groups -OCH3 is 1. The fourth-order valence-corrected chi connectivity index (χ4v) is 1.37. The van der Waals surface area contributed by atoms with E-state index in [-0.39, 0.29) is 12.0 Å². The number of aryl methyl sites for hydroxylation is 1. The predicted octanol–water partition coefficient (Wildman–Crippen LogP) is 0.548. The van der Waals surface area contributed by atoms with Gasteiger partial charge in [0, 0.05) is 19.8 Å². The van der Waals surface area contributed by atoms with Crippen LogP contribution in [0.4, 0.5) is 0 Å². The van der Waals surface area contributed by atoms with Gasteiger partial charge in [-0.15, -0.1) is 0 Å². The minimum atomic E-state index is -0.351. The van der Waals surface area contributed by atoms with Crippen molar-refractivity contribution in [2.24, 2.45) is 7.05 Å². The molecule has 1 aromatic heterocycles. The minimum absolute atomic E-state index is 0.295. The molecule has 0 saturated carbocycles. The topological polar surface area (TPSA) is 67.0 Å². The van der Waals surface area contributed by atoms with Gasteiger partial charge < -0.3 is 14.6 Å². The second-order valence-electron chi connectivity index (χ2n) is 3.58. The molecular formula is C11H15N3O2. The maximum Gasteiger partial charge on any atom is 0.322 e. The van der Waals surface area contributed by atoms with Crippen LogP contribution in [0.25, 0.3) is 0 Å². The predicted molar refractivity (Wildman–Crippen MR) is 58.4 cm³/mol. The van der Waals surface area contributed by atoms with Gasteiger partial charge in [-0.3, -0.25) is 4.79 Å². The highest BCUT2D eigenvalue weighted by atomic mass is 16.5. The largest absolute Gasteiger partial charge is 0.468 e. The number of carbonyl (C=O) groups excluding carboxylic acids is 1. The monoisotopic (exact) mass is 221 g/mol. The Morgan fingerprint density at radius 2 is 2.44 bits per heavy atom. The molecule has 1 heterocycles. The standard InChI is InChI=1S/C11H15N3O2/c1-8(11(15)16-3)13-6-9-4-10(5-12)14(2)7-9/h4,7-8,13H,6H2,1-3H3/t8-/m0/s1. The van der Waals surface area contributed by atoms with E-state index in [0.717, 1.165) is 5.56 Å². The fourth-order valence-electron chi connectivity index (χ4n) is 1.37. The number of ether oxygens (including phenoxy) is 1. The van der Waals surface area contributed by atoms with Crippen LogP contribution < -0.4 is 5.32 Å². The van der Waals surface area contributed by atoms with E-state index in [1.165, 1.54) is 7.11 Å². The number of nitrogens with zero attached hydrogens (tertiary/aromatic N) is 2. The van der Waals surface area contributed by atoms with E-state index in [1.807, 2.05) is 13.2 Å². The smallest absolute Gasteiger partial charge is 0.322 e. The Labute approximate surface area is 94.6 Å². The quantitative estimate of drug-likeness (QED) is 0.754. The van der Waals surface area contributed by atoms with Crippen LogP contribution in [0.3, 0.4) is 0 Å². The number of hydrogen-bond donors (Lipinski definition) is 1. The van der Waals surface area contributed by atoms with Crippen LogP contribution in [-0.2, 0) is 23.1 Å². The van der Waals surface area contributed by atoms with Crippen LogP contribution in [0.1, 0.15) is 18.2 Å². The summed E-state index contributed by atoms with van der Waals surface area (Å²) in [7, 11) is 3.17. The van der Waals surface area contributed by atoms with Gasteiger partial charge in [-0.25, -0.2) is 0 Å². The van der Waals surface area contributed by atoms with Crippen LogP contribution in [0.2, 0.25) is 0 Å². The number of carbonyl (C=O) groups is 1. The molecule has 86 valence electrons. The van der Waals surface area contributed by atoms with Crippen LogP contribution in [0.5, 0.6) is 0 Å². The molecule has 0 aromatic carbocycles. The maximum atomic E-state index is 11.1. The molecule has 0 radical (unpaired) electrons. The molecule has 0 amide bonds. The zero-order valence-corrected chi connectivity index (χ0v) is 9.65. The lowest BCUT2D eigenvalue weighted by Crippen LogP contribution is -2.34.